The Hall–Kier alpha value is -0.0800. The second kappa shape index (κ2) is 3.35. The summed E-state index contributed by atoms with van der Waals surface area (Å²) in [6, 6.07) is 0. The van der Waals surface area contributed by atoms with Crippen LogP contribution in [-0.2, 0) is 0 Å². The van der Waals surface area contributed by atoms with Crippen LogP contribution in [0.2, 0.25) is 0 Å². The fraction of sp³-hybridized carbons (Fsp3) is 1.00. The lowest BCUT2D eigenvalue weighted by Gasteiger charge is -2.06. The summed E-state index contributed by atoms with van der Waals surface area (Å²) in [5.74, 6) is 2.23. The Bertz CT molecular complexity index is 93.4. The molecule has 0 amide bonds. The maximum absolute atomic E-state index is 2.75. The highest BCUT2D eigenvalue weighted by Gasteiger charge is 2.43. The lowest BCUT2D eigenvalue weighted by atomic mass is 10.4. The number of piperidine rings is 1. The highest BCUT2D eigenvalue weighted by molar-refractivity contribution is 4.95. The minimum absolute atomic E-state index is 1.12. The number of nitrogens with one attached hydrogen (secondary N) is 1. The van der Waals surface area contributed by atoms with Crippen molar-refractivity contribution >= 4 is 0 Å². The molecule has 0 spiro atoms. The van der Waals surface area contributed by atoms with E-state index in [1.165, 1.54) is 19.5 Å². The third-order valence-electron chi connectivity index (χ3n) is 2.16. The van der Waals surface area contributed by atoms with Crippen LogP contribution in [0, 0.1) is 11.8 Å². The molecule has 2 fully saturated rings. The Morgan fingerprint density at radius 1 is 1.20 bits per heavy atom. The Balaban J connectivity index is 0.000000148. The van der Waals surface area contributed by atoms with Gasteiger partial charge in [-0.25, -0.2) is 0 Å². The van der Waals surface area contributed by atoms with Gasteiger partial charge >= 0.3 is 0 Å². The lowest BCUT2D eigenvalue weighted by Crippen LogP contribution is -2.15. The zero-order valence-electron chi connectivity index (χ0n) is 7.22. The predicted molar refractivity (Wildman–Crippen MR) is 44.1 cm³/mol. The highest BCUT2D eigenvalue weighted by Crippen LogP contribution is 2.43. The van der Waals surface area contributed by atoms with Crippen molar-refractivity contribution in [2.45, 2.75) is 6.42 Å². The van der Waals surface area contributed by atoms with Crippen molar-refractivity contribution in [2.24, 2.45) is 11.8 Å². The molecule has 60 valence electrons. The van der Waals surface area contributed by atoms with Gasteiger partial charge in [0.2, 0.25) is 0 Å². The van der Waals surface area contributed by atoms with Crippen molar-refractivity contribution in [1.82, 2.24) is 10.2 Å². The Morgan fingerprint density at radius 2 is 1.60 bits per heavy atom. The molecule has 1 aliphatic carbocycles. The van der Waals surface area contributed by atoms with Crippen LogP contribution < -0.4 is 5.32 Å². The van der Waals surface area contributed by atoms with Gasteiger partial charge in [0.25, 0.3) is 0 Å². The second-order valence-electron chi connectivity index (χ2n) is 3.48. The first-order valence-electron chi connectivity index (χ1n) is 4.05. The zero-order valence-corrected chi connectivity index (χ0v) is 7.22. The fourth-order valence-corrected chi connectivity index (χ4v) is 1.63. The first-order valence-corrected chi connectivity index (χ1v) is 4.05. The number of fused-ring (bicyclic) bond motifs is 1. The van der Waals surface area contributed by atoms with E-state index in [0.29, 0.717) is 0 Å². The van der Waals surface area contributed by atoms with Crippen LogP contribution in [0.25, 0.3) is 0 Å². The Kier molecular flexibility index (Phi) is 2.69. The maximum atomic E-state index is 2.75. The third-order valence-corrected chi connectivity index (χ3v) is 2.16. The normalized spacial score (nSPS) is 36.3. The molecule has 2 atom stereocenters. The molecule has 0 aromatic heterocycles. The summed E-state index contributed by atoms with van der Waals surface area (Å²) < 4.78 is 0. The average molecular weight is 142 g/mol. The van der Waals surface area contributed by atoms with Gasteiger partial charge in [-0.15, -0.1) is 0 Å². The molecule has 10 heavy (non-hydrogen) atoms. The molecule has 1 saturated heterocycles. The minimum atomic E-state index is 1.12. The molecular formula is C8H18N2. The van der Waals surface area contributed by atoms with Crippen molar-refractivity contribution < 1.29 is 0 Å². The molecule has 2 heteroatoms. The van der Waals surface area contributed by atoms with Gasteiger partial charge in [0.15, 0.2) is 0 Å². The highest BCUT2D eigenvalue weighted by atomic mass is 15.1. The molecule has 2 unspecified atom stereocenters. The average Bonchev–Trinajstić information content (AvgIpc) is 2.42. The lowest BCUT2D eigenvalue weighted by molar-refractivity contribution is 0.373. The number of likely N-dealkylation sites (tertiary alicyclic amines) is 1. The van der Waals surface area contributed by atoms with Gasteiger partial charge in [0.1, 0.15) is 0 Å². The molecule has 2 rings (SSSR count). The van der Waals surface area contributed by atoms with Crippen LogP contribution in [0.15, 0.2) is 0 Å². The standard InChI is InChI=1S/C6H11N.C2H7N/c1-7-3-5-2-6(5)4-7;1-3-2/h5-6H,2-4H2,1H3;3H,1-2H3. The van der Waals surface area contributed by atoms with Crippen molar-refractivity contribution in [3.63, 3.8) is 0 Å². The molecule has 1 N–H and O–H groups in total. The second-order valence-corrected chi connectivity index (χ2v) is 3.48. The van der Waals surface area contributed by atoms with Crippen molar-refractivity contribution in [2.75, 3.05) is 34.2 Å². The summed E-state index contributed by atoms with van der Waals surface area (Å²) in [6.07, 6.45) is 1.53. The van der Waals surface area contributed by atoms with Crippen molar-refractivity contribution in [3.8, 4) is 0 Å². The van der Waals surface area contributed by atoms with E-state index in [9.17, 15) is 0 Å². The van der Waals surface area contributed by atoms with E-state index in [2.05, 4.69) is 17.3 Å². The van der Waals surface area contributed by atoms with Gasteiger partial charge in [0.05, 0.1) is 0 Å². The van der Waals surface area contributed by atoms with Crippen LogP contribution in [0.4, 0.5) is 0 Å². The largest absolute Gasteiger partial charge is 0.323 e. The number of nitrogens with zero attached hydrogens (tertiary/aromatic N) is 1. The van der Waals surface area contributed by atoms with Gasteiger partial charge in [-0.2, -0.15) is 0 Å². The van der Waals surface area contributed by atoms with Crippen LogP contribution in [0.1, 0.15) is 6.42 Å². The van der Waals surface area contributed by atoms with Crippen molar-refractivity contribution in [1.29, 1.82) is 0 Å². The van der Waals surface area contributed by atoms with Crippen LogP contribution in [-0.4, -0.2) is 39.1 Å². The molecule has 0 aromatic carbocycles. The van der Waals surface area contributed by atoms with E-state index in [0.717, 1.165) is 11.8 Å². The molecule has 1 heterocycles. The smallest absolute Gasteiger partial charge is 0.000997 e. The summed E-state index contributed by atoms with van der Waals surface area (Å²) in [4.78, 5) is 2.43. The van der Waals surface area contributed by atoms with E-state index in [1.54, 1.807) is 0 Å². The molecular weight excluding hydrogens is 124 g/mol. The van der Waals surface area contributed by atoms with E-state index < -0.39 is 0 Å². The molecule has 0 radical (unpaired) electrons. The zero-order chi connectivity index (χ0) is 7.56. The summed E-state index contributed by atoms with van der Waals surface area (Å²) in [5, 5.41) is 2.75. The number of hydrogen-bond donors (Lipinski definition) is 1. The molecule has 0 aromatic rings. The Morgan fingerprint density at radius 3 is 1.80 bits per heavy atom. The third kappa shape index (κ3) is 1.96. The molecule has 1 saturated carbocycles. The van der Waals surface area contributed by atoms with Gasteiger partial charge in [-0.3, -0.25) is 0 Å². The summed E-state index contributed by atoms with van der Waals surface area (Å²) in [7, 11) is 5.96. The van der Waals surface area contributed by atoms with Crippen LogP contribution in [0.5, 0.6) is 0 Å². The van der Waals surface area contributed by atoms with Gasteiger partial charge < -0.3 is 10.2 Å². The van der Waals surface area contributed by atoms with E-state index in [1.807, 2.05) is 14.1 Å². The summed E-state index contributed by atoms with van der Waals surface area (Å²) >= 11 is 0. The molecule has 2 nitrogen and oxygen atoms in total. The molecule has 2 aliphatic rings. The topological polar surface area (TPSA) is 15.3 Å². The van der Waals surface area contributed by atoms with Crippen LogP contribution >= 0.6 is 0 Å². The molecule has 0 bridgehead atoms. The van der Waals surface area contributed by atoms with Gasteiger partial charge in [-0.05, 0) is 39.4 Å². The number of hydrogen-bond acceptors (Lipinski definition) is 2. The number of rotatable bonds is 0. The van der Waals surface area contributed by atoms with Gasteiger partial charge in [0, 0.05) is 13.1 Å². The molecule has 1 aliphatic heterocycles. The van der Waals surface area contributed by atoms with Gasteiger partial charge in [-0.1, -0.05) is 0 Å². The predicted octanol–water partition coefficient (Wildman–Crippen LogP) is 0.404. The SMILES string of the molecule is CN1CC2CC2C1.CNC. The summed E-state index contributed by atoms with van der Waals surface area (Å²) in [5.41, 5.74) is 0. The van der Waals surface area contributed by atoms with Crippen molar-refractivity contribution in [3.05, 3.63) is 0 Å². The van der Waals surface area contributed by atoms with Crippen LogP contribution in [0.3, 0.4) is 0 Å². The minimum Gasteiger partial charge on any atom is -0.323 e. The van der Waals surface area contributed by atoms with E-state index >= 15 is 0 Å². The summed E-state index contributed by atoms with van der Waals surface area (Å²) in [6.45, 7) is 2.76. The van der Waals surface area contributed by atoms with E-state index in [4.69, 9.17) is 0 Å². The monoisotopic (exact) mass is 142 g/mol. The first kappa shape index (κ1) is 8.02. The maximum Gasteiger partial charge on any atom is 0.000997 e. The van der Waals surface area contributed by atoms with E-state index in [-0.39, 0.29) is 0 Å². The Labute approximate surface area is 63.6 Å². The fourth-order valence-electron chi connectivity index (χ4n) is 1.63. The first-order chi connectivity index (χ1) is 4.77. The quantitative estimate of drug-likeness (QED) is 0.527.